The summed E-state index contributed by atoms with van der Waals surface area (Å²) in [6.45, 7) is 8.08. The zero-order valence-corrected chi connectivity index (χ0v) is 9.79. The van der Waals surface area contributed by atoms with Crippen molar-refractivity contribution in [2.45, 2.75) is 70.6 Å². The van der Waals surface area contributed by atoms with Gasteiger partial charge < -0.3 is 5.32 Å². The van der Waals surface area contributed by atoms with Crippen LogP contribution in [0.25, 0.3) is 0 Å². The van der Waals surface area contributed by atoms with Gasteiger partial charge in [-0.3, -0.25) is 4.90 Å². The number of nitrogens with zero attached hydrogens (tertiary/aromatic N) is 1. The molecule has 2 nitrogen and oxygen atoms in total. The van der Waals surface area contributed by atoms with Gasteiger partial charge in [-0.1, -0.05) is 20.8 Å². The van der Waals surface area contributed by atoms with Crippen LogP contribution in [0, 0.1) is 0 Å². The lowest BCUT2D eigenvalue weighted by atomic mass is 9.97. The van der Waals surface area contributed by atoms with Gasteiger partial charge >= 0.3 is 0 Å². The van der Waals surface area contributed by atoms with E-state index in [1.807, 2.05) is 0 Å². The Morgan fingerprint density at radius 1 is 1.21 bits per heavy atom. The Morgan fingerprint density at radius 2 is 1.79 bits per heavy atom. The summed E-state index contributed by atoms with van der Waals surface area (Å²) >= 11 is 0. The normalized spacial score (nSPS) is 38.1. The summed E-state index contributed by atoms with van der Waals surface area (Å²) in [7, 11) is 0. The molecule has 2 unspecified atom stereocenters. The van der Waals surface area contributed by atoms with Crippen LogP contribution >= 0.6 is 0 Å². The van der Waals surface area contributed by atoms with E-state index >= 15 is 0 Å². The fourth-order valence-corrected chi connectivity index (χ4v) is 3.40. The van der Waals surface area contributed by atoms with Gasteiger partial charge in [-0.15, -0.1) is 0 Å². The fourth-order valence-electron chi connectivity index (χ4n) is 3.40. The summed E-state index contributed by atoms with van der Waals surface area (Å²) in [5, 5.41) is 3.70. The maximum Gasteiger partial charge on any atom is 0.0113 e. The van der Waals surface area contributed by atoms with Crippen LogP contribution in [0.4, 0.5) is 0 Å². The first-order valence-corrected chi connectivity index (χ1v) is 6.22. The first kappa shape index (κ1) is 10.4. The third kappa shape index (κ3) is 1.96. The van der Waals surface area contributed by atoms with Crippen LogP contribution in [0.15, 0.2) is 0 Å². The fraction of sp³-hybridized carbons (Fsp3) is 1.00. The number of hydrogen-bond donors (Lipinski definition) is 1. The van der Waals surface area contributed by atoms with Crippen LogP contribution in [0.3, 0.4) is 0 Å². The SMILES string of the molecule is CCN1C2CCC1CC(NC(C)C)C2. The predicted molar refractivity (Wildman–Crippen MR) is 60.5 cm³/mol. The average Bonchev–Trinajstić information content (AvgIpc) is 2.36. The van der Waals surface area contributed by atoms with Gasteiger partial charge in [0.25, 0.3) is 0 Å². The van der Waals surface area contributed by atoms with Crippen molar-refractivity contribution in [2.24, 2.45) is 0 Å². The standard InChI is InChI=1S/C12H24N2/c1-4-14-11-5-6-12(14)8-10(7-11)13-9(2)3/h9-13H,4-8H2,1-3H3. The third-order valence-electron chi connectivity index (χ3n) is 3.82. The van der Waals surface area contributed by atoms with Crippen LogP contribution in [0.2, 0.25) is 0 Å². The Labute approximate surface area is 88.1 Å². The lowest BCUT2D eigenvalue weighted by Gasteiger charge is -2.39. The molecule has 14 heavy (non-hydrogen) atoms. The van der Waals surface area contributed by atoms with Crippen molar-refractivity contribution >= 4 is 0 Å². The molecule has 1 N–H and O–H groups in total. The summed E-state index contributed by atoms with van der Waals surface area (Å²) in [6, 6.07) is 3.20. The quantitative estimate of drug-likeness (QED) is 0.742. The molecule has 0 aliphatic carbocycles. The molecule has 2 heteroatoms. The Morgan fingerprint density at radius 3 is 2.21 bits per heavy atom. The van der Waals surface area contributed by atoms with Crippen LogP contribution < -0.4 is 5.32 Å². The number of rotatable bonds is 3. The zero-order chi connectivity index (χ0) is 10.1. The number of hydrogen-bond acceptors (Lipinski definition) is 2. The average molecular weight is 196 g/mol. The van der Waals surface area contributed by atoms with Crippen LogP contribution in [-0.4, -0.2) is 35.6 Å². The summed E-state index contributed by atoms with van der Waals surface area (Å²) in [5.41, 5.74) is 0. The van der Waals surface area contributed by atoms with Gasteiger partial charge in [0.2, 0.25) is 0 Å². The van der Waals surface area contributed by atoms with Gasteiger partial charge in [-0.05, 0) is 32.2 Å². The molecule has 0 amide bonds. The lowest BCUT2D eigenvalue weighted by molar-refractivity contribution is 0.121. The second-order valence-corrected chi connectivity index (χ2v) is 5.21. The van der Waals surface area contributed by atoms with Crippen LogP contribution in [0.5, 0.6) is 0 Å². The van der Waals surface area contributed by atoms with E-state index < -0.39 is 0 Å². The molecule has 0 aromatic rings. The molecule has 2 bridgehead atoms. The highest BCUT2D eigenvalue weighted by atomic mass is 15.2. The highest BCUT2D eigenvalue weighted by Crippen LogP contribution is 2.35. The van der Waals surface area contributed by atoms with E-state index in [0.717, 1.165) is 18.1 Å². The zero-order valence-electron chi connectivity index (χ0n) is 9.79. The topological polar surface area (TPSA) is 15.3 Å². The molecule has 2 atom stereocenters. The van der Waals surface area contributed by atoms with E-state index in [0.29, 0.717) is 6.04 Å². The molecular weight excluding hydrogens is 172 g/mol. The minimum absolute atomic E-state index is 0.646. The maximum absolute atomic E-state index is 3.70. The third-order valence-corrected chi connectivity index (χ3v) is 3.82. The van der Waals surface area contributed by atoms with Crippen molar-refractivity contribution in [1.29, 1.82) is 0 Å². The Kier molecular flexibility index (Phi) is 3.13. The van der Waals surface area contributed by atoms with Crippen molar-refractivity contribution in [2.75, 3.05) is 6.54 Å². The second kappa shape index (κ2) is 4.19. The first-order chi connectivity index (χ1) is 6.70. The van der Waals surface area contributed by atoms with Crippen molar-refractivity contribution in [3.63, 3.8) is 0 Å². The Balaban J connectivity index is 1.92. The molecular formula is C12H24N2. The molecule has 82 valence electrons. The van der Waals surface area contributed by atoms with Gasteiger partial charge in [0.05, 0.1) is 0 Å². The maximum atomic E-state index is 3.70. The predicted octanol–water partition coefficient (Wildman–Crippen LogP) is 2.00. The summed E-state index contributed by atoms with van der Waals surface area (Å²) in [4.78, 5) is 2.72. The van der Waals surface area contributed by atoms with E-state index in [2.05, 4.69) is 31.0 Å². The molecule has 2 aliphatic rings. The van der Waals surface area contributed by atoms with E-state index in [-0.39, 0.29) is 0 Å². The summed E-state index contributed by atoms with van der Waals surface area (Å²) in [5.74, 6) is 0. The van der Waals surface area contributed by atoms with E-state index in [1.165, 1.54) is 32.2 Å². The first-order valence-electron chi connectivity index (χ1n) is 6.22. The minimum atomic E-state index is 0.646. The monoisotopic (exact) mass is 196 g/mol. The smallest absolute Gasteiger partial charge is 0.0113 e. The molecule has 0 radical (unpaired) electrons. The van der Waals surface area contributed by atoms with Crippen molar-refractivity contribution in [1.82, 2.24) is 10.2 Å². The van der Waals surface area contributed by atoms with Crippen LogP contribution in [0.1, 0.15) is 46.5 Å². The van der Waals surface area contributed by atoms with Gasteiger partial charge in [-0.2, -0.15) is 0 Å². The summed E-state index contributed by atoms with van der Waals surface area (Å²) in [6.07, 6.45) is 5.63. The highest BCUT2D eigenvalue weighted by molar-refractivity contribution is 4.97. The molecule has 2 aliphatic heterocycles. The van der Waals surface area contributed by atoms with E-state index in [9.17, 15) is 0 Å². The highest BCUT2D eigenvalue weighted by Gasteiger charge is 2.39. The molecule has 0 aromatic carbocycles. The minimum Gasteiger partial charge on any atom is -0.312 e. The molecule has 2 heterocycles. The molecule has 0 saturated carbocycles. The Hall–Kier alpha value is -0.0800. The molecule has 2 rings (SSSR count). The van der Waals surface area contributed by atoms with Crippen molar-refractivity contribution in [3.05, 3.63) is 0 Å². The Bertz CT molecular complexity index is 177. The molecule has 2 saturated heterocycles. The van der Waals surface area contributed by atoms with Gasteiger partial charge in [0, 0.05) is 24.2 Å². The van der Waals surface area contributed by atoms with Gasteiger partial charge in [-0.25, -0.2) is 0 Å². The largest absolute Gasteiger partial charge is 0.312 e. The van der Waals surface area contributed by atoms with Crippen LogP contribution in [-0.2, 0) is 0 Å². The molecule has 2 fully saturated rings. The second-order valence-electron chi connectivity index (χ2n) is 5.21. The number of nitrogens with one attached hydrogen (secondary N) is 1. The van der Waals surface area contributed by atoms with Crippen molar-refractivity contribution < 1.29 is 0 Å². The number of fused-ring (bicyclic) bond motifs is 2. The van der Waals surface area contributed by atoms with Crippen molar-refractivity contribution in [3.8, 4) is 0 Å². The summed E-state index contributed by atoms with van der Waals surface area (Å²) < 4.78 is 0. The molecule has 0 spiro atoms. The number of piperidine rings is 1. The van der Waals surface area contributed by atoms with Gasteiger partial charge in [0.1, 0.15) is 0 Å². The lowest BCUT2D eigenvalue weighted by Crippen LogP contribution is -2.50. The van der Waals surface area contributed by atoms with E-state index in [1.54, 1.807) is 0 Å². The van der Waals surface area contributed by atoms with E-state index in [4.69, 9.17) is 0 Å². The molecule has 0 aromatic heterocycles. The van der Waals surface area contributed by atoms with Gasteiger partial charge in [0.15, 0.2) is 0 Å².